The van der Waals surface area contributed by atoms with Gasteiger partial charge in [-0.15, -0.1) is 0 Å². The van der Waals surface area contributed by atoms with Gasteiger partial charge in [0.05, 0.1) is 31.5 Å². The number of hydrogen-bond donors (Lipinski definition) is 1. The molecule has 2 aromatic carbocycles. The third-order valence-electron chi connectivity index (χ3n) is 6.16. The Morgan fingerprint density at radius 1 is 1.16 bits per heavy atom. The summed E-state index contributed by atoms with van der Waals surface area (Å²) >= 11 is 6.03. The van der Waals surface area contributed by atoms with Crippen LogP contribution < -0.4 is 20.5 Å². The lowest BCUT2D eigenvalue weighted by Crippen LogP contribution is -2.53. The van der Waals surface area contributed by atoms with Crippen LogP contribution in [0.25, 0.3) is 0 Å². The maximum absolute atomic E-state index is 13.7. The average Bonchev–Trinajstić information content (AvgIpc) is 2.84. The third kappa shape index (κ3) is 5.82. The molecule has 1 atom stereocenters. The first-order valence-corrected chi connectivity index (χ1v) is 11.8. The smallest absolute Gasteiger partial charge is 0.413 e. The van der Waals surface area contributed by atoms with E-state index in [1.54, 1.807) is 38.2 Å². The van der Waals surface area contributed by atoms with Gasteiger partial charge in [0.25, 0.3) is 5.88 Å². The van der Waals surface area contributed by atoms with Crippen molar-refractivity contribution >= 4 is 17.3 Å². The quantitative estimate of drug-likeness (QED) is 0.322. The van der Waals surface area contributed by atoms with Crippen LogP contribution >= 0.6 is 11.6 Å². The van der Waals surface area contributed by atoms with Crippen molar-refractivity contribution < 1.29 is 23.0 Å². The minimum absolute atomic E-state index is 0.0460. The zero-order valence-electron chi connectivity index (χ0n) is 20.7. The van der Waals surface area contributed by atoms with Crippen LogP contribution in [-0.4, -0.2) is 27.9 Å². The van der Waals surface area contributed by atoms with E-state index in [-0.39, 0.29) is 34.9 Å². The summed E-state index contributed by atoms with van der Waals surface area (Å²) in [5.74, 6) is -0.158. The van der Waals surface area contributed by atoms with E-state index in [0.717, 1.165) is 22.3 Å². The summed E-state index contributed by atoms with van der Waals surface area (Å²) < 4.78 is 47.6. The zero-order chi connectivity index (χ0) is 27.5. The van der Waals surface area contributed by atoms with Crippen LogP contribution in [0.2, 0.25) is 5.02 Å². The molecule has 1 aromatic heterocycles. The highest BCUT2D eigenvalue weighted by Crippen LogP contribution is 2.34. The summed E-state index contributed by atoms with van der Waals surface area (Å²) in [5.41, 5.74) is -0.878. The summed E-state index contributed by atoms with van der Waals surface area (Å²) in [6, 6.07) is 11.2. The Hall–Kier alpha value is -3.34. The van der Waals surface area contributed by atoms with Gasteiger partial charge in [0, 0.05) is 24.2 Å². The molecule has 0 aliphatic rings. The number of hydrogen-bond acceptors (Lipinski definition) is 4. The van der Waals surface area contributed by atoms with E-state index in [0.29, 0.717) is 17.1 Å². The summed E-state index contributed by atoms with van der Waals surface area (Å²) in [6.45, 7) is 5.21. The van der Waals surface area contributed by atoms with Crippen molar-refractivity contribution in [3.05, 3.63) is 104 Å². The second kappa shape index (κ2) is 11.0. The maximum Gasteiger partial charge on any atom is 0.416 e. The number of aliphatic hydroxyl groups excluding tert-OH is 1. The number of aromatic nitrogens is 2. The molecular weight excluding hydrogens is 511 g/mol. The first kappa shape index (κ1) is 28.2. The Morgan fingerprint density at radius 2 is 1.81 bits per heavy atom. The molecule has 3 rings (SSSR count). The molecule has 0 fully saturated rings. The Kier molecular flexibility index (Phi) is 8.36. The normalized spacial score (nSPS) is 13.3. The number of nitrogens with zero attached hydrogens (tertiary/aromatic N) is 3. The molecule has 0 aliphatic heterocycles. The van der Waals surface area contributed by atoms with Crippen molar-refractivity contribution in [3.8, 4) is 5.75 Å². The number of benzene rings is 2. The highest BCUT2D eigenvalue weighted by atomic mass is 35.5. The first-order chi connectivity index (χ1) is 17.3. The minimum atomic E-state index is -4.58. The maximum atomic E-state index is 13.7. The van der Waals surface area contributed by atoms with Gasteiger partial charge in [-0.3, -0.25) is 13.9 Å². The second-order valence-corrected chi connectivity index (χ2v) is 9.10. The van der Waals surface area contributed by atoms with E-state index >= 15 is 0 Å². The van der Waals surface area contributed by atoms with E-state index in [1.807, 2.05) is 0 Å². The molecule has 1 heterocycles. The molecule has 0 radical (unpaired) electrons. The van der Waals surface area contributed by atoms with E-state index in [9.17, 15) is 27.9 Å². The number of quaternary nitrogens is 1. The van der Waals surface area contributed by atoms with Gasteiger partial charge in [-0.05, 0) is 36.8 Å². The van der Waals surface area contributed by atoms with E-state index < -0.39 is 29.6 Å². The van der Waals surface area contributed by atoms with E-state index in [1.165, 1.54) is 23.7 Å². The molecule has 198 valence electrons. The number of alkyl halides is 3. The van der Waals surface area contributed by atoms with Crippen molar-refractivity contribution in [2.24, 2.45) is 7.05 Å². The summed E-state index contributed by atoms with van der Waals surface area (Å²) in [7, 11) is 3.15. The Balaban J connectivity index is 2.24. The van der Waals surface area contributed by atoms with Gasteiger partial charge in [-0.1, -0.05) is 36.7 Å². The van der Waals surface area contributed by atoms with Gasteiger partial charge >= 0.3 is 17.4 Å². The molecule has 0 saturated carbocycles. The fraction of sp³-hybridized carbons (Fsp3) is 0.308. The van der Waals surface area contributed by atoms with Gasteiger partial charge in [-0.2, -0.15) is 13.2 Å². The largest absolute Gasteiger partial charge is 0.416 e. The van der Waals surface area contributed by atoms with Crippen molar-refractivity contribution in [2.75, 3.05) is 13.7 Å². The van der Waals surface area contributed by atoms with Crippen molar-refractivity contribution in [3.63, 3.8) is 0 Å². The topological polar surface area (TPSA) is 73.5 Å². The molecule has 7 nitrogen and oxygen atoms in total. The van der Waals surface area contributed by atoms with Crippen LogP contribution in [0.15, 0.2) is 70.6 Å². The van der Waals surface area contributed by atoms with Crippen LogP contribution in [0.4, 0.5) is 18.9 Å². The highest BCUT2D eigenvalue weighted by molar-refractivity contribution is 6.30. The first-order valence-electron chi connectivity index (χ1n) is 11.4. The molecule has 11 heteroatoms. The molecule has 0 saturated heterocycles. The molecule has 1 unspecified atom stereocenters. The van der Waals surface area contributed by atoms with Gasteiger partial charge < -0.3 is 9.84 Å². The molecule has 0 amide bonds. The summed E-state index contributed by atoms with van der Waals surface area (Å²) in [4.78, 5) is 26.6. The Labute approximate surface area is 216 Å². The lowest BCUT2D eigenvalue weighted by molar-refractivity contribution is -0.137. The molecule has 0 aliphatic carbocycles. The van der Waals surface area contributed by atoms with Crippen LogP contribution in [0.3, 0.4) is 0 Å². The lowest BCUT2D eigenvalue weighted by Gasteiger charge is -2.35. The highest BCUT2D eigenvalue weighted by Gasteiger charge is 2.40. The van der Waals surface area contributed by atoms with Gasteiger partial charge in [0.1, 0.15) is 12.3 Å². The molecule has 3 aromatic rings. The zero-order valence-corrected chi connectivity index (χ0v) is 21.4. The van der Waals surface area contributed by atoms with Crippen molar-refractivity contribution in [1.29, 1.82) is 0 Å². The molecule has 1 N–H and O–H groups in total. The Bertz CT molecular complexity index is 1410. The van der Waals surface area contributed by atoms with Gasteiger partial charge in [0.15, 0.2) is 0 Å². The van der Waals surface area contributed by atoms with Crippen molar-refractivity contribution in [1.82, 2.24) is 13.6 Å². The fourth-order valence-corrected chi connectivity index (χ4v) is 4.34. The van der Waals surface area contributed by atoms with E-state index in [2.05, 4.69) is 6.58 Å². The lowest BCUT2D eigenvalue weighted by atomic mass is 10.1. The monoisotopic (exact) mass is 538 g/mol. The number of ether oxygens (including phenoxy) is 1. The summed E-state index contributed by atoms with van der Waals surface area (Å²) in [5, 5.41) is 9.98. The van der Waals surface area contributed by atoms with Gasteiger partial charge in [-0.25, -0.2) is 9.28 Å². The Morgan fingerprint density at radius 3 is 2.38 bits per heavy atom. The van der Waals surface area contributed by atoms with Crippen LogP contribution in [0, 0.1) is 0 Å². The third-order valence-corrected chi connectivity index (χ3v) is 6.41. The minimum Gasteiger partial charge on any atom is -0.413 e. The summed E-state index contributed by atoms with van der Waals surface area (Å²) in [6.07, 6.45) is -4.28. The SMILES string of the molecule is C=C(Oc1cccc(C(F)(F)F)c1)[N+](C)(Cc1ccc(Cl)cc1)c1c(CC)n(C)c(=O)n(CCO)c1=O. The van der Waals surface area contributed by atoms with Crippen LogP contribution in [-0.2, 0) is 32.7 Å². The molecular formula is C26H28ClF3N3O4+. The van der Waals surface area contributed by atoms with Crippen molar-refractivity contribution in [2.45, 2.75) is 32.6 Å². The van der Waals surface area contributed by atoms with Crippen LogP contribution in [0.5, 0.6) is 5.75 Å². The average molecular weight is 539 g/mol. The number of halogens is 4. The number of aliphatic hydroxyl groups is 1. The van der Waals surface area contributed by atoms with Crippen LogP contribution in [0.1, 0.15) is 23.7 Å². The van der Waals surface area contributed by atoms with E-state index in [4.69, 9.17) is 16.3 Å². The molecule has 0 bridgehead atoms. The molecule has 0 spiro atoms. The van der Waals surface area contributed by atoms with Gasteiger partial charge in [0.2, 0.25) is 5.69 Å². The fourth-order valence-electron chi connectivity index (χ4n) is 4.21. The second-order valence-electron chi connectivity index (χ2n) is 8.67. The predicted octanol–water partition coefficient (Wildman–Crippen LogP) is 4.46. The predicted molar refractivity (Wildman–Crippen MR) is 136 cm³/mol. The number of rotatable bonds is 9. The standard InChI is InChI=1S/C26H28ClF3N3O4/c1-5-22-23(24(35)32(13-14-34)25(36)31(22)3)33(4,16-18-9-11-20(27)12-10-18)17(2)37-21-8-6-7-19(15-21)26(28,29)30/h6-12,15,34H,2,5,13-14,16H2,1,3-4H3/q+1. The molecule has 37 heavy (non-hydrogen) atoms.